The highest BCUT2D eigenvalue weighted by atomic mass is 35.5. The van der Waals surface area contributed by atoms with E-state index in [2.05, 4.69) is 20.8 Å². The van der Waals surface area contributed by atoms with Crippen molar-refractivity contribution in [2.75, 3.05) is 31.8 Å². The monoisotopic (exact) mass is 503 g/mol. The number of amides is 1. The molecule has 1 aliphatic rings. The molecule has 0 saturated heterocycles. The van der Waals surface area contributed by atoms with Crippen molar-refractivity contribution in [2.24, 2.45) is 5.41 Å². The second kappa shape index (κ2) is 11.3. The average molecular weight is 504 g/mol. The third-order valence-electron chi connectivity index (χ3n) is 5.49. The molecule has 0 aromatic heterocycles. The fourth-order valence-electron chi connectivity index (χ4n) is 4.12. The summed E-state index contributed by atoms with van der Waals surface area (Å²) in [6, 6.07) is 10.8. The fourth-order valence-corrected chi connectivity index (χ4v) is 4.30. The SMILES string of the molecule is CCOC(=O)C[C@@H]1O[C@@H](c2ccc(OCC)cc2OC)c2cc(Cl)ccc2N(CC(C)(C)C)C1=O. The molecule has 0 bridgehead atoms. The van der Waals surface area contributed by atoms with Crippen molar-refractivity contribution < 1.29 is 28.5 Å². The molecule has 0 spiro atoms. The summed E-state index contributed by atoms with van der Waals surface area (Å²) < 4.78 is 22.9. The van der Waals surface area contributed by atoms with Gasteiger partial charge in [0.15, 0.2) is 0 Å². The Morgan fingerprint density at radius 3 is 2.46 bits per heavy atom. The first kappa shape index (κ1) is 26.8. The van der Waals surface area contributed by atoms with Crippen LogP contribution in [0.2, 0.25) is 5.02 Å². The minimum Gasteiger partial charge on any atom is -0.496 e. The van der Waals surface area contributed by atoms with Gasteiger partial charge >= 0.3 is 5.97 Å². The molecule has 1 heterocycles. The lowest BCUT2D eigenvalue weighted by molar-refractivity contribution is -0.151. The van der Waals surface area contributed by atoms with E-state index in [1.165, 1.54) is 0 Å². The number of methoxy groups -OCH3 is 1. The van der Waals surface area contributed by atoms with Crippen LogP contribution in [0.4, 0.5) is 5.69 Å². The average Bonchev–Trinajstić information content (AvgIpc) is 2.89. The number of hydrogen-bond donors (Lipinski definition) is 0. The quantitative estimate of drug-likeness (QED) is 0.438. The van der Waals surface area contributed by atoms with Gasteiger partial charge in [0.1, 0.15) is 23.7 Å². The van der Waals surface area contributed by atoms with E-state index in [-0.39, 0.29) is 24.3 Å². The molecular formula is C27H34ClNO6. The molecule has 7 nitrogen and oxygen atoms in total. The van der Waals surface area contributed by atoms with Crippen molar-refractivity contribution in [3.63, 3.8) is 0 Å². The van der Waals surface area contributed by atoms with Gasteiger partial charge in [-0.1, -0.05) is 32.4 Å². The van der Waals surface area contributed by atoms with E-state index in [0.29, 0.717) is 46.5 Å². The van der Waals surface area contributed by atoms with E-state index in [1.807, 2.05) is 25.1 Å². The highest BCUT2D eigenvalue weighted by molar-refractivity contribution is 6.30. The number of nitrogens with zero attached hydrogens (tertiary/aromatic N) is 1. The zero-order valence-corrected chi connectivity index (χ0v) is 22.0. The number of hydrogen-bond acceptors (Lipinski definition) is 6. The number of fused-ring (bicyclic) bond motifs is 1. The maximum Gasteiger partial charge on any atom is 0.308 e. The number of esters is 1. The summed E-state index contributed by atoms with van der Waals surface area (Å²) >= 11 is 6.42. The van der Waals surface area contributed by atoms with Crippen LogP contribution in [0, 0.1) is 5.41 Å². The van der Waals surface area contributed by atoms with Gasteiger partial charge in [-0.15, -0.1) is 0 Å². The van der Waals surface area contributed by atoms with Crippen LogP contribution in [0.15, 0.2) is 36.4 Å². The zero-order chi connectivity index (χ0) is 25.8. The molecule has 0 unspecified atom stereocenters. The molecule has 0 saturated carbocycles. The Kier molecular flexibility index (Phi) is 8.67. The van der Waals surface area contributed by atoms with Crippen LogP contribution >= 0.6 is 11.6 Å². The molecule has 1 amide bonds. The number of halogens is 1. The van der Waals surface area contributed by atoms with Crippen LogP contribution in [-0.4, -0.2) is 44.8 Å². The molecule has 0 fully saturated rings. The van der Waals surface area contributed by atoms with Crippen LogP contribution < -0.4 is 14.4 Å². The number of carbonyl (C=O) groups excluding carboxylic acids is 2. The Morgan fingerprint density at radius 2 is 1.83 bits per heavy atom. The summed E-state index contributed by atoms with van der Waals surface area (Å²) in [5.41, 5.74) is 1.88. The van der Waals surface area contributed by atoms with Crippen molar-refractivity contribution in [1.29, 1.82) is 0 Å². The molecule has 2 aromatic rings. The van der Waals surface area contributed by atoms with Crippen LogP contribution in [0.1, 0.15) is 58.3 Å². The Morgan fingerprint density at radius 1 is 1.09 bits per heavy atom. The van der Waals surface area contributed by atoms with Gasteiger partial charge in [-0.3, -0.25) is 9.59 Å². The molecule has 2 atom stereocenters. The lowest BCUT2D eigenvalue weighted by Crippen LogP contribution is -2.44. The van der Waals surface area contributed by atoms with Crippen molar-refractivity contribution >= 4 is 29.2 Å². The van der Waals surface area contributed by atoms with E-state index in [4.69, 9.17) is 30.5 Å². The van der Waals surface area contributed by atoms with E-state index >= 15 is 0 Å². The van der Waals surface area contributed by atoms with Crippen LogP contribution in [0.3, 0.4) is 0 Å². The van der Waals surface area contributed by atoms with Crippen molar-refractivity contribution in [3.05, 3.63) is 52.5 Å². The van der Waals surface area contributed by atoms with E-state index < -0.39 is 18.2 Å². The van der Waals surface area contributed by atoms with Crippen LogP contribution in [-0.2, 0) is 19.1 Å². The molecule has 2 aromatic carbocycles. The first-order valence-corrected chi connectivity index (χ1v) is 12.2. The van der Waals surface area contributed by atoms with Crippen molar-refractivity contribution in [1.82, 2.24) is 0 Å². The molecule has 3 rings (SSSR count). The van der Waals surface area contributed by atoms with Crippen LogP contribution in [0.5, 0.6) is 11.5 Å². The third kappa shape index (κ3) is 6.47. The van der Waals surface area contributed by atoms with Crippen molar-refractivity contribution in [2.45, 2.75) is 53.2 Å². The Balaban J connectivity index is 2.19. The second-order valence-electron chi connectivity index (χ2n) is 9.54. The summed E-state index contributed by atoms with van der Waals surface area (Å²) in [4.78, 5) is 27.9. The number of carbonyl (C=O) groups is 2. The third-order valence-corrected chi connectivity index (χ3v) is 5.73. The highest BCUT2D eigenvalue weighted by Gasteiger charge is 2.40. The minimum atomic E-state index is -1.05. The summed E-state index contributed by atoms with van der Waals surface area (Å²) in [6.45, 7) is 10.9. The smallest absolute Gasteiger partial charge is 0.308 e. The fraction of sp³-hybridized carbons (Fsp3) is 0.481. The molecule has 0 N–H and O–H groups in total. The molecule has 35 heavy (non-hydrogen) atoms. The number of rotatable bonds is 8. The number of anilines is 1. The van der Waals surface area contributed by atoms with Gasteiger partial charge in [-0.05, 0) is 49.6 Å². The first-order chi connectivity index (χ1) is 16.6. The molecule has 8 heteroatoms. The summed E-state index contributed by atoms with van der Waals surface area (Å²) in [5.74, 6) is 0.395. The van der Waals surface area contributed by atoms with Gasteiger partial charge in [-0.25, -0.2) is 0 Å². The van der Waals surface area contributed by atoms with E-state index in [1.54, 1.807) is 37.1 Å². The Hall–Kier alpha value is -2.77. The van der Waals surface area contributed by atoms with Crippen LogP contribution in [0.25, 0.3) is 0 Å². The highest BCUT2D eigenvalue weighted by Crippen LogP contribution is 2.44. The lowest BCUT2D eigenvalue weighted by Gasteiger charge is -2.31. The number of benzene rings is 2. The predicted octanol–water partition coefficient (Wildman–Crippen LogP) is 5.57. The van der Waals surface area contributed by atoms with Gasteiger partial charge in [0.05, 0.1) is 26.7 Å². The van der Waals surface area contributed by atoms with Crippen molar-refractivity contribution in [3.8, 4) is 11.5 Å². The summed E-state index contributed by atoms with van der Waals surface area (Å²) in [5, 5.41) is 0.509. The second-order valence-corrected chi connectivity index (χ2v) is 9.98. The Bertz CT molecular complexity index is 1060. The normalized spacial score (nSPS) is 18.0. The Labute approximate surface area is 212 Å². The summed E-state index contributed by atoms with van der Waals surface area (Å²) in [6.07, 6.45) is -1.98. The van der Waals surface area contributed by atoms with E-state index in [9.17, 15) is 9.59 Å². The summed E-state index contributed by atoms with van der Waals surface area (Å²) in [7, 11) is 1.57. The zero-order valence-electron chi connectivity index (χ0n) is 21.2. The maximum atomic E-state index is 13.8. The number of ether oxygens (including phenoxy) is 4. The predicted molar refractivity (Wildman–Crippen MR) is 135 cm³/mol. The molecule has 190 valence electrons. The van der Waals surface area contributed by atoms with Gasteiger partial charge < -0.3 is 23.8 Å². The first-order valence-electron chi connectivity index (χ1n) is 11.8. The van der Waals surface area contributed by atoms with E-state index in [0.717, 1.165) is 0 Å². The standard InChI is InChI=1S/C27H34ClNO6/c1-7-33-18-10-11-19(22(14-18)32-6)25-20-13-17(28)9-12-21(20)29(16-27(3,4)5)26(31)23(35-25)15-24(30)34-8-2/h9-14,23,25H,7-8,15-16H2,1-6H3/t23-,25-/m0/s1. The lowest BCUT2D eigenvalue weighted by atomic mass is 9.94. The van der Waals surface area contributed by atoms with Gasteiger partial charge in [0.25, 0.3) is 5.91 Å². The molecule has 1 aliphatic heterocycles. The largest absolute Gasteiger partial charge is 0.496 e. The molecular weight excluding hydrogens is 470 g/mol. The topological polar surface area (TPSA) is 74.3 Å². The molecule has 0 radical (unpaired) electrons. The van der Waals surface area contributed by atoms with Gasteiger partial charge in [-0.2, -0.15) is 0 Å². The minimum absolute atomic E-state index is 0.203. The van der Waals surface area contributed by atoms with Gasteiger partial charge in [0.2, 0.25) is 0 Å². The molecule has 0 aliphatic carbocycles. The maximum absolute atomic E-state index is 13.8. The van der Waals surface area contributed by atoms with Gasteiger partial charge in [0, 0.05) is 34.4 Å².